The lowest BCUT2D eigenvalue weighted by Gasteiger charge is -2.27. The molecule has 1 aromatic carbocycles. The van der Waals surface area contributed by atoms with Gasteiger partial charge in [0, 0.05) is 12.8 Å². The Morgan fingerprint density at radius 3 is 2.42 bits per heavy atom. The van der Waals surface area contributed by atoms with Crippen LogP contribution in [0.5, 0.6) is 0 Å². The lowest BCUT2D eigenvalue weighted by Crippen LogP contribution is -2.42. The summed E-state index contributed by atoms with van der Waals surface area (Å²) in [7, 11) is -7.28. The summed E-state index contributed by atoms with van der Waals surface area (Å²) in [4.78, 5) is 12.5. The molecule has 8 nitrogen and oxygen atoms in total. The van der Waals surface area contributed by atoms with Gasteiger partial charge in [-0.15, -0.1) is 0 Å². The summed E-state index contributed by atoms with van der Waals surface area (Å²) in [6, 6.07) is 2.99. The van der Waals surface area contributed by atoms with Crippen molar-refractivity contribution in [3.8, 4) is 0 Å². The monoisotopic (exact) mass is 381 g/mol. The minimum absolute atomic E-state index is 0.0284. The number of hydrogen-bond donors (Lipinski definition) is 1. The van der Waals surface area contributed by atoms with Crippen molar-refractivity contribution in [2.75, 3.05) is 24.8 Å². The number of esters is 1. The molecule has 1 heterocycles. The van der Waals surface area contributed by atoms with Crippen molar-refractivity contribution in [3.63, 3.8) is 0 Å². The van der Waals surface area contributed by atoms with Crippen LogP contribution in [0.15, 0.2) is 23.1 Å². The second kappa shape index (κ2) is 6.30. The van der Waals surface area contributed by atoms with E-state index in [2.05, 4.69) is 4.74 Å². The van der Waals surface area contributed by atoms with Crippen molar-refractivity contribution in [1.82, 2.24) is 0 Å². The maximum atomic E-state index is 14.3. The van der Waals surface area contributed by atoms with E-state index >= 15 is 0 Å². The molecule has 1 aromatic rings. The molecule has 0 bridgehead atoms. The molecule has 134 valence electrons. The average Bonchev–Trinajstić information content (AvgIpc) is 2.90. The topological polar surface area (TPSA) is 118 Å². The molecule has 0 spiro atoms. The first kappa shape index (κ1) is 18.6. The first-order chi connectivity index (χ1) is 11.0. The van der Waals surface area contributed by atoms with Gasteiger partial charge in [0.05, 0.1) is 23.6 Å². The van der Waals surface area contributed by atoms with Gasteiger partial charge in [0.25, 0.3) is 10.1 Å². The lowest BCUT2D eigenvalue weighted by molar-refractivity contribution is -0.145. The van der Waals surface area contributed by atoms with E-state index < -0.39 is 43.0 Å². The van der Waals surface area contributed by atoms with Crippen LogP contribution in [0.25, 0.3) is 0 Å². The van der Waals surface area contributed by atoms with Crippen LogP contribution in [-0.4, -0.2) is 52.6 Å². The van der Waals surface area contributed by atoms with E-state index in [0.29, 0.717) is 0 Å². The molecule has 1 aliphatic rings. The van der Waals surface area contributed by atoms with Crippen LogP contribution in [0.1, 0.15) is 6.42 Å². The number of halogens is 1. The van der Waals surface area contributed by atoms with Gasteiger partial charge in [0.15, 0.2) is 15.2 Å². The second-order valence-electron chi connectivity index (χ2n) is 5.40. The van der Waals surface area contributed by atoms with Gasteiger partial charge < -0.3 is 9.64 Å². The van der Waals surface area contributed by atoms with E-state index in [1.54, 1.807) is 0 Å². The number of carbonyl (C=O) groups is 1. The van der Waals surface area contributed by atoms with Crippen LogP contribution in [0, 0.1) is 11.7 Å². The summed E-state index contributed by atoms with van der Waals surface area (Å²) in [6.07, 6.45) is 0.940. The average molecular weight is 381 g/mol. The van der Waals surface area contributed by atoms with Gasteiger partial charge in [-0.2, -0.15) is 8.42 Å². The Bertz CT molecular complexity index is 866. The van der Waals surface area contributed by atoms with E-state index in [1.165, 1.54) is 0 Å². The molecule has 1 fully saturated rings. The molecule has 24 heavy (non-hydrogen) atoms. The van der Waals surface area contributed by atoms with Crippen LogP contribution in [-0.2, 0) is 29.5 Å². The van der Waals surface area contributed by atoms with Crippen molar-refractivity contribution in [2.45, 2.75) is 16.7 Å². The smallest absolute Gasteiger partial charge is 0.312 e. The molecule has 2 unspecified atom stereocenters. The normalized spacial score (nSPS) is 21.8. The Morgan fingerprint density at radius 2 is 1.96 bits per heavy atom. The van der Waals surface area contributed by atoms with E-state index in [4.69, 9.17) is 0 Å². The predicted octanol–water partition coefficient (Wildman–Crippen LogP) is 0.442. The number of methoxy groups -OCH3 is 1. The fourth-order valence-corrected chi connectivity index (χ4v) is 4.56. The van der Waals surface area contributed by atoms with Crippen molar-refractivity contribution in [1.29, 1.82) is 0 Å². The molecule has 11 heteroatoms. The highest BCUT2D eigenvalue weighted by Gasteiger charge is 2.47. The molecule has 0 radical (unpaired) electrons. The number of anilines is 1. The maximum absolute atomic E-state index is 14.3. The highest BCUT2D eigenvalue weighted by Crippen LogP contribution is 2.35. The molecular weight excluding hydrogens is 365 g/mol. The summed E-state index contributed by atoms with van der Waals surface area (Å²) in [5.41, 5.74) is -0.226. The third kappa shape index (κ3) is 3.52. The van der Waals surface area contributed by atoms with Crippen molar-refractivity contribution in [3.05, 3.63) is 24.0 Å². The van der Waals surface area contributed by atoms with Gasteiger partial charge in [0.2, 0.25) is 0 Å². The van der Waals surface area contributed by atoms with Gasteiger partial charge in [-0.1, -0.05) is 0 Å². The third-order valence-electron chi connectivity index (χ3n) is 3.80. The Balaban J connectivity index is 2.50. The number of hydrogen-bond acceptors (Lipinski definition) is 7. The maximum Gasteiger partial charge on any atom is 0.312 e. The number of nitrogens with zero attached hydrogens (tertiary/aromatic N) is 1. The first-order valence-electron chi connectivity index (χ1n) is 6.77. The number of carbonyl (C=O) groups excluding carboxylic acids is 1. The SMILES string of the molecule is COC(=O)C1CCN(c2ccc(S(C)(=O)=O)cc2F)C1S(=O)(=O)O. The molecule has 1 aliphatic heterocycles. The molecular formula is C13H16FNO7S2. The van der Waals surface area contributed by atoms with E-state index in [-0.39, 0.29) is 23.5 Å². The van der Waals surface area contributed by atoms with Crippen LogP contribution in [0.3, 0.4) is 0 Å². The van der Waals surface area contributed by atoms with Crippen LogP contribution in [0.4, 0.5) is 10.1 Å². The summed E-state index contributed by atoms with van der Waals surface area (Å²) in [5.74, 6) is -3.00. The van der Waals surface area contributed by atoms with Gasteiger partial charge in [-0.3, -0.25) is 9.35 Å². The van der Waals surface area contributed by atoms with E-state index in [9.17, 15) is 30.6 Å². The highest BCUT2D eigenvalue weighted by molar-refractivity contribution is 7.90. The Labute approximate surface area is 138 Å². The standard InChI is InChI=1S/C13H16FNO7S2/c1-22-13(16)9-5-6-15(12(9)24(19,20)21)11-4-3-8(7-10(11)14)23(2,17)18/h3-4,7,9,12H,5-6H2,1-2H3,(H,19,20,21). The Hall–Kier alpha value is -1.72. The Morgan fingerprint density at radius 1 is 1.33 bits per heavy atom. The number of benzene rings is 1. The van der Waals surface area contributed by atoms with Crippen LogP contribution < -0.4 is 4.90 Å². The molecule has 0 saturated carbocycles. The van der Waals surface area contributed by atoms with E-state index in [0.717, 1.165) is 36.5 Å². The summed E-state index contributed by atoms with van der Waals surface area (Å²) in [5, 5.41) is -1.71. The second-order valence-corrected chi connectivity index (χ2v) is 8.93. The summed E-state index contributed by atoms with van der Waals surface area (Å²) in [6.45, 7) is -0.0284. The first-order valence-corrected chi connectivity index (χ1v) is 10.2. The molecule has 1 saturated heterocycles. The fourth-order valence-electron chi connectivity index (χ4n) is 2.73. The number of rotatable bonds is 4. The molecule has 1 N–H and O–H groups in total. The zero-order valence-corrected chi connectivity index (χ0v) is 14.5. The number of ether oxygens (including phenoxy) is 1. The summed E-state index contributed by atoms with van der Waals surface area (Å²) >= 11 is 0. The van der Waals surface area contributed by atoms with Crippen molar-refractivity contribution >= 4 is 31.6 Å². The van der Waals surface area contributed by atoms with Gasteiger partial charge in [-0.05, 0) is 24.6 Å². The molecule has 2 atom stereocenters. The largest absolute Gasteiger partial charge is 0.469 e. The van der Waals surface area contributed by atoms with Crippen LogP contribution in [0.2, 0.25) is 0 Å². The van der Waals surface area contributed by atoms with E-state index in [1.807, 2.05) is 0 Å². The van der Waals surface area contributed by atoms with Crippen molar-refractivity contribution < 1.29 is 35.3 Å². The number of sulfone groups is 1. The molecule has 0 aliphatic carbocycles. The predicted molar refractivity (Wildman–Crippen MR) is 82.3 cm³/mol. The molecule has 0 amide bonds. The highest BCUT2D eigenvalue weighted by atomic mass is 32.2. The van der Waals surface area contributed by atoms with Crippen LogP contribution >= 0.6 is 0 Å². The Kier molecular flexibility index (Phi) is 4.88. The minimum Gasteiger partial charge on any atom is -0.469 e. The minimum atomic E-state index is -4.72. The molecule has 0 aromatic heterocycles. The van der Waals surface area contributed by atoms with Gasteiger partial charge in [-0.25, -0.2) is 12.8 Å². The zero-order valence-electron chi connectivity index (χ0n) is 12.8. The third-order valence-corrected chi connectivity index (χ3v) is 6.10. The fraction of sp³-hybridized carbons (Fsp3) is 0.462. The van der Waals surface area contributed by atoms with Gasteiger partial charge >= 0.3 is 5.97 Å². The quantitative estimate of drug-likeness (QED) is 0.590. The van der Waals surface area contributed by atoms with Crippen molar-refractivity contribution in [2.24, 2.45) is 5.92 Å². The molecule has 2 rings (SSSR count). The zero-order chi connectivity index (χ0) is 18.3. The lowest BCUT2D eigenvalue weighted by atomic mass is 10.1. The summed E-state index contributed by atoms with van der Waals surface area (Å²) < 4.78 is 74.5. The van der Waals surface area contributed by atoms with Gasteiger partial charge in [0.1, 0.15) is 5.82 Å².